The Kier molecular flexibility index (Phi) is 6.18. The van der Waals surface area contributed by atoms with Gasteiger partial charge in [0.1, 0.15) is 11.6 Å². The zero-order valence-electron chi connectivity index (χ0n) is 16.5. The Morgan fingerprint density at radius 2 is 1.63 bits per heavy atom. The first-order chi connectivity index (χ1) is 14.1. The van der Waals surface area contributed by atoms with Gasteiger partial charge in [-0.3, -0.25) is 9.59 Å². The van der Waals surface area contributed by atoms with Gasteiger partial charge in [-0.2, -0.15) is 0 Å². The second-order valence-electron chi connectivity index (χ2n) is 6.85. The van der Waals surface area contributed by atoms with E-state index in [0.29, 0.717) is 18.8 Å². The van der Waals surface area contributed by atoms with Crippen LogP contribution in [0.4, 0.5) is 14.5 Å². The summed E-state index contributed by atoms with van der Waals surface area (Å²) in [4.78, 5) is 27.1. The maximum Gasteiger partial charge on any atom is 0.256 e. The second-order valence-corrected chi connectivity index (χ2v) is 8.74. The van der Waals surface area contributed by atoms with Crippen LogP contribution in [0.2, 0.25) is 0 Å². The number of carbonyl (C=O) groups is 2. The molecule has 1 aliphatic heterocycles. The smallest absolute Gasteiger partial charge is 0.256 e. The van der Waals surface area contributed by atoms with Gasteiger partial charge in [-0.15, -0.1) is 0 Å². The van der Waals surface area contributed by atoms with Crippen molar-refractivity contribution < 1.29 is 26.8 Å². The summed E-state index contributed by atoms with van der Waals surface area (Å²) in [6.45, 7) is 2.37. The second kappa shape index (κ2) is 8.49. The van der Waals surface area contributed by atoms with Gasteiger partial charge in [0.2, 0.25) is 10.0 Å². The van der Waals surface area contributed by atoms with Gasteiger partial charge in [-0.05, 0) is 50.4 Å². The first-order valence-corrected chi connectivity index (χ1v) is 10.7. The highest BCUT2D eigenvalue weighted by molar-refractivity contribution is 7.89. The van der Waals surface area contributed by atoms with Crippen molar-refractivity contribution in [1.82, 2.24) is 9.62 Å². The van der Waals surface area contributed by atoms with E-state index in [1.807, 2.05) is 0 Å². The summed E-state index contributed by atoms with van der Waals surface area (Å²) in [5, 5.41) is 0. The van der Waals surface area contributed by atoms with E-state index < -0.39 is 27.6 Å². The number of nitrogens with zero attached hydrogens (tertiary/aromatic N) is 2. The van der Waals surface area contributed by atoms with Gasteiger partial charge in [-0.25, -0.2) is 21.9 Å². The number of amides is 1. The zero-order chi connectivity index (χ0) is 22.1. The molecule has 0 radical (unpaired) electrons. The number of hydrogen-bond donors (Lipinski definition) is 1. The van der Waals surface area contributed by atoms with E-state index in [-0.39, 0.29) is 34.9 Å². The number of rotatable bonds is 5. The topological polar surface area (TPSA) is 86.8 Å². The van der Waals surface area contributed by atoms with Gasteiger partial charge in [0.05, 0.1) is 16.1 Å². The third kappa shape index (κ3) is 4.34. The minimum Gasteiger partial charge on any atom is -0.366 e. The van der Waals surface area contributed by atoms with Crippen LogP contribution in [0.15, 0.2) is 41.3 Å². The SMILES string of the molecule is CNS(=O)(=O)c1ccc(F)c(C(=O)N2CCN(c3ccc(C(C)=O)cc3F)CC2)c1. The highest BCUT2D eigenvalue weighted by Crippen LogP contribution is 2.23. The lowest BCUT2D eigenvalue weighted by atomic mass is 10.1. The van der Waals surface area contributed by atoms with E-state index in [0.717, 1.165) is 18.2 Å². The standard InChI is InChI=1S/C20H21F2N3O4S/c1-13(26)14-3-6-19(18(22)11-14)24-7-9-25(10-8-24)20(27)16-12-15(4-5-17(16)21)30(28,29)23-2/h3-6,11-12,23H,7-10H2,1-2H3. The quantitative estimate of drug-likeness (QED) is 0.724. The molecule has 0 aromatic heterocycles. The van der Waals surface area contributed by atoms with Crippen molar-refractivity contribution in [3.63, 3.8) is 0 Å². The van der Waals surface area contributed by atoms with Gasteiger partial charge in [0, 0.05) is 31.7 Å². The number of sulfonamides is 1. The third-order valence-electron chi connectivity index (χ3n) is 5.01. The number of hydrogen-bond acceptors (Lipinski definition) is 5. The molecule has 160 valence electrons. The zero-order valence-corrected chi connectivity index (χ0v) is 17.3. The van der Waals surface area contributed by atoms with E-state index in [1.54, 1.807) is 11.0 Å². The Morgan fingerprint density at radius 3 is 2.20 bits per heavy atom. The highest BCUT2D eigenvalue weighted by Gasteiger charge is 2.27. The minimum atomic E-state index is -3.82. The molecule has 0 atom stereocenters. The summed E-state index contributed by atoms with van der Waals surface area (Å²) in [7, 11) is -2.60. The summed E-state index contributed by atoms with van der Waals surface area (Å²) in [5.41, 5.74) is 0.258. The van der Waals surface area contributed by atoms with Crippen molar-refractivity contribution in [3.05, 3.63) is 59.2 Å². The van der Waals surface area contributed by atoms with Gasteiger partial charge in [0.25, 0.3) is 5.91 Å². The summed E-state index contributed by atoms with van der Waals surface area (Å²) >= 11 is 0. The molecule has 0 spiro atoms. The lowest BCUT2D eigenvalue weighted by molar-refractivity contribution is 0.0741. The number of nitrogens with one attached hydrogen (secondary N) is 1. The molecule has 0 saturated carbocycles. The molecular weight excluding hydrogens is 416 g/mol. The molecular formula is C20H21F2N3O4S. The van der Waals surface area contributed by atoms with Crippen molar-refractivity contribution in [2.45, 2.75) is 11.8 Å². The molecule has 1 heterocycles. The monoisotopic (exact) mass is 437 g/mol. The normalized spacial score (nSPS) is 14.7. The number of Topliss-reactive ketones (excluding diaryl/α,β-unsaturated/α-hetero) is 1. The lowest BCUT2D eigenvalue weighted by Gasteiger charge is -2.36. The number of halogens is 2. The number of benzene rings is 2. The van der Waals surface area contributed by atoms with Crippen LogP contribution in [0, 0.1) is 11.6 Å². The molecule has 0 bridgehead atoms. The maximum absolute atomic E-state index is 14.4. The van der Waals surface area contributed by atoms with Crippen LogP contribution in [0.1, 0.15) is 27.6 Å². The molecule has 1 amide bonds. The average molecular weight is 437 g/mol. The molecule has 0 unspecified atom stereocenters. The highest BCUT2D eigenvalue weighted by atomic mass is 32.2. The van der Waals surface area contributed by atoms with Gasteiger partial charge < -0.3 is 9.80 Å². The van der Waals surface area contributed by atoms with Crippen LogP contribution in [-0.2, 0) is 10.0 Å². The maximum atomic E-state index is 14.4. The van der Waals surface area contributed by atoms with Crippen LogP contribution < -0.4 is 9.62 Å². The first-order valence-electron chi connectivity index (χ1n) is 9.22. The molecule has 7 nitrogen and oxygen atoms in total. The Hall–Kier alpha value is -2.85. The molecule has 10 heteroatoms. The van der Waals surface area contributed by atoms with Crippen molar-refractivity contribution in [1.29, 1.82) is 0 Å². The van der Waals surface area contributed by atoms with E-state index >= 15 is 0 Å². The van der Waals surface area contributed by atoms with Crippen LogP contribution in [0.25, 0.3) is 0 Å². The summed E-state index contributed by atoms with van der Waals surface area (Å²) in [6.07, 6.45) is 0. The molecule has 1 aliphatic rings. The molecule has 2 aromatic carbocycles. The fourth-order valence-corrected chi connectivity index (χ4v) is 4.01. The summed E-state index contributed by atoms with van der Waals surface area (Å²) in [5.74, 6) is -2.21. The molecule has 1 fully saturated rings. The van der Waals surface area contributed by atoms with Crippen LogP contribution in [0.5, 0.6) is 0 Å². The predicted molar refractivity (Wildman–Crippen MR) is 107 cm³/mol. The number of ketones is 1. The van der Waals surface area contributed by atoms with Gasteiger partial charge in [-0.1, -0.05) is 0 Å². The minimum absolute atomic E-state index is 0.204. The molecule has 1 saturated heterocycles. The summed E-state index contributed by atoms with van der Waals surface area (Å²) < 4.78 is 54.6. The third-order valence-corrected chi connectivity index (χ3v) is 6.42. The Bertz CT molecular complexity index is 1100. The lowest BCUT2D eigenvalue weighted by Crippen LogP contribution is -2.49. The Morgan fingerprint density at radius 1 is 0.967 bits per heavy atom. The van der Waals surface area contributed by atoms with Crippen LogP contribution in [0.3, 0.4) is 0 Å². The average Bonchev–Trinajstić information content (AvgIpc) is 2.73. The number of piperazine rings is 1. The van der Waals surface area contributed by atoms with Gasteiger partial charge >= 0.3 is 0 Å². The van der Waals surface area contributed by atoms with E-state index in [2.05, 4.69) is 4.72 Å². The Labute approximate surface area is 173 Å². The van der Waals surface area contributed by atoms with Crippen molar-refractivity contribution in [2.75, 3.05) is 38.1 Å². The molecule has 1 N–H and O–H groups in total. The fourth-order valence-electron chi connectivity index (χ4n) is 3.26. The molecule has 2 aromatic rings. The first kappa shape index (κ1) is 21.8. The van der Waals surface area contributed by atoms with Gasteiger partial charge in [0.15, 0.2) is 5.78 Å². The van der Waals surface area contributed by atoms with Crippen LogP contribution in [-0.4, -0.2) is 58.2 Å². The number of carbonyl (C=O) groups excluding carboxylic acids is 2. The van der Waals surface area contributed by atoms with Crippen molar-refractivity contribution in [2.24, 2.45) is 0 Å². The fraction of sp³-hybridized carbons (Fsp3) is 0.300. The predicted octanol–water partition coefficient (Wildman–Crippen LogP) is 2.04. The van der Waals surface area contributed by atoms with E-state index in [9.17, 15) is 26.8 Å². The Balaban J connectivity index is 1.75. The molecule has 30 heavy (non-hydrogen) atoms. The van der Waals surface area contributed by atoms with Crippen molar-refractivity contribution >= 4 is 27.4 Å². The molecule has 0 aliphatic carbocycles. The number of anilines is 1. The molecule has 3 rings (SSSR count). The van der Waals surface area contributed by atoms with E-state index in [1.165, 1.54) is 31.0 Å². The van der Waals surface area contributed by atoms with Crippen LogP contribution >= 0.6 is 0 Å². The largest absolute Gasteiger partial charge is 0.366 e. The summed E-state index contributed by atoms with van der Waals surface area (Å²) in [6, 6.07) is 7.29. The van der Waals surface area contributed by atoms with E-state index in [4.69, 9.17) is 0 Å². The van der Waals surface area contributed by atoms with Crippen molar-refractivity contribution in [3.8, 4) is 0 Å².